The zero-order valence-electron chi connectivity index (χ0n) is 15.1. The topological polar surface area (TPSA) is 71.0 Å². The summed E-state index contributed by atoms with van der Waals surface area (Å²) in [5, 5.41) is 5.65. The normalized spacial score (nSPS) is 14.9. The van der Waals surface area contributed by atoms with Crippen molar-refractivity contribution < 1.29 is 4.79 Å². The Morgan fingerprint density at radius 2 is 1.89 bits per heavy atom. The number of benzene rings is 1. The molecular weight excluding hydrogens is 358 g/mol. The highest BCUT2D eigenvalue weighted by Gasteiger charge is 2.26. The molecule has 0 spiro atoms. The van der Waals surface area contributed by atoms with Crippen LogP contribution < -0.4 is 10.2 Å². The third-order valence-electron chi connectivity index (χ3n) is 4.86. The Kier molecular flexibility index (Phi) is 5.11. The molecule has 1 aromatic carbocycles. The van der Waals surface area contributed by atoms with Crippen molar-refractivity contribution in [2.75, 3.05) is 23.3 Å². The second-order valence-electron chi connectivity index (χ2n) is 6.65. The number of aromatic nitrogens is 3. The van der Waals surface area contributed by atoms with Crippen molar-refractivity contribution in [2.24, 2.45) is 5.92 Å². The number of amides is 1. The monoisotopic (exact) mass is 379 g/mol. The second kappa shape index (κ2) is 7.84. The minimum absolute atomic E-state index is 0.00391. The first-order chi connectivity index (χ1) is 13.2. The summed E-state index contributed by atoms with van der Waals surface area (Å²) in [6, 6.07) is 9.95. The molecule has 3 aromatic rings. The van der Waals surface area contributed by atoms with Crippen molar-refractivity contribution in [3.8, 4) is 11.3 Å². The number of piperidine rings is 1. The van der Waals surface area contributed by atoms with Crippen LogP contribution in [-0.4, -0.2) is 33.9 Å². The predicted molar refractivity (Wildman–Crippen MR) is 108 cm³/mol. The van der Waals surface area contributed by atoms with Crippen molar-refractivity contribution >= 4 is 28.3 Å². The van der Waals surface area contributed by atoms with Crippen LogP contribution in [0.25, 0.3) is 11.3 Å². The Labute approximate surface area is 162 Å². The first-order valence-electron chi connectivity index (χ1n) is 9.05. The largest absolute Gasteiger partial charge is 0.341 e. The summed E-state index contributed by atoms with van der Waals surface area (Å²) in [7, 11) is 0. The molecule has 1 aliphatic rings. The van der Waals surface area contributed by atoms with Gasteiger partial charge in [-0.2, -0.15) is 0 Å². The van der Waals surface area contributed by atoms with Crippen LogP contribution in [0.4, 0.5) is 11.1 Å². The van der Waals surface area contributed by atoms with Gasteiger partial charge in [0.1, 0.15) is 0 Å². The average Bonchev–Trinajstić information content (AvgIpc) is 3.17. The van der Waals surface area contributed by atoms with Crippen LogP contribution in [0.1, 0.15) is 18.4 Å². The Morgan fingerprint density at radius 3 is 2.63 bits per heavy atom. The van der Waals surface area contributed by atoms with Gasteiger partial charge in [-0.05, 0) is 31.4 Å². The summed E-state index contributed by atoms with van der Waals surface area (Å²) >= 11 is 1.47. The molecule has 1 N–H and O–H groups in total. The molecule has 0 saturated carbocycles. The Morgan fingerprint density at radius 1 is 1.15 bits per heavy atom. The van der Waals surface area contributed by atoms with Crippen LogP contribution in [-0.2, 0) is 4.79 Å². The number of nitrogens with zero attached hydrogens (tertiary/aromatic N) is 4. The highest BCUT2D eigenvalue weighted by atomic mass is 32.1. The molecule has 2 aromatic heterocycles. The van der Waals surface area contributed by atoms with E-state index in [1.54, 1.807) is 12.4 Å². The number of thiazole rings is 1. The molecule has 0 aliphatic carbocycles. The second-order valence-corrected chi connectivity index (χ2v) is 7.51. The van der Waals surface area contributed by atoms with E-state index in [0.717, 1.165) is 43.1 Å². The summed E-state index contributed by atoms with van der Waals surface area (Å²) < 4.78 is 0. The van der Waals surface area contributed by atoms with Crippen LogP contribution in [0.5, 0.6) is 0 Å². The SMILES string of the molecule is Cc1ccccc1-c1csc(NC(=O)C2CCN(c3ncccn3)CC2)n1. The van der Waals surface area contributed by atoms with Crippen molar-refractivity contribution in [1.29, 1.82) is 0 Å². The van der Waals surface area contributed by atoms with E-state index in [9.17, 15) is 4.79 Å². The molecule has 0 bridgehead atoms. The number of nitrogens with one attached hydrogen (secondary N) is 1. The van der Waals surface area contributed by atoms with Gasteiger partial charge in [-0.15, -0.1) is 11.3 Å². The lowest BCUT2D eigenvalue weighted by Gasteiger charge is -2.30. The Bertz CT molecular complexity index is 919. The van der Waals surface area contributed by atoms with Crippen molar-refractivity contribution in [2.45, 2.75) is 19.8 Å². The molecule has 7 heteroatoms. The molecule has 27 heavy (non-hydrogen) atoms. The number of carbonyl (C=O) groups excluding carboxylic acids is 1. The first kappa shape index (κ1) is 17.6. The van der Waals surface area contributed by atoms with Gasteiger partial charge in [0.25, 0.3) is 0 Å². The van der Waals surface area contributed by atoms with Crippen molar-refractivity contribution in [3.63, 3.8) is 0 Å². The zero-order valence-corrected chi connectivity index (χ0v) is 15.9. The third-order valence-corrected chi connectivity index (χ3v) is 5.61. The highest BCUT2D eigenvalue weighted by Crippen LogP contribution is 2.28. The lowest BCUT2D eigenvalue weighted by Crippen LogP contribution is -2.38. The maximum atomic E-state index is 12.6. The van der Waals surface area contributed by atoms with E-state index in [1.807, 2.05) is 23.6 Å². The van der Waals surface area contributed by atoms with Gasteiger partial charge in [0, 0.05) is 42.3 Å². The average molecular weight is 379 g/mol. The van der Waals surface area contributed by atoms with Crippen LogP contribution >= 0.6 is 11.3 Å². The zero-order chi connectivity index (χ0) is 18.6. The van der Waals surface area contributed by atoms with Gasteiger partial charge in [0.05, 0.1) is 5.69 Å². The number of rotatable bonds is 4. The van der Waals surface area contributed by atoms with Crippen LogP contribution in [0.2, 0.25) is 0 Å². The number of aryl methyl sites for hydroxylation is 1. The van der Waals surface area contributed by atoms with Crippen LogP contribution in [0, 0.1) is 12.8 Å². The number of hydrogen-bond donors (Lipinski definition) is 1. The molecule has 1 aliphatic heterocycles. The number of hydrogen-bond acceptors (Lipinski definition) is 6. The predicted octanol–water partition coefficient (Wildman–Crippen LogP) is 3.76. The van der Waals surface area contributed by atoms with Crippen molar-refractivity contribution in [1.82, 2.24) is 15.0 Å². The van der Waals surface area contributed by atoms with E-state index in [0.29, 0.717) is 5.13 Å². The van der Waals surface area contributed by atoms with E-state index in [-0.39, 0.29) is 11.8 Å². The lowest BCUT2D eigenvalue weighted by atomic mass is 9.96. The molecule has 1 saturated heterocycles. The fourth-order valence-electron chi connectivity index (χ4n) is 3.32. The third kappa shape index (κ3) is 3.98. The van der Waals surface area contributed by atoms with E-state index >= 15 is 0 Å². The molecular formula is C20H21N5OS. The Hall–Kier alpha value is -2.80. The maximum Gasteiger partial charge on any atom is 0.229 e. The summed E-state index contributed by atoms with van der Waals surface area (Å²) in [6.07, 6.45) is 5.07. The van der Waals surface area contributed by atoms with Crippen molar-refractivity contribution in [3.05, 3.63) is 53.7 Å². The van der Waals surface area contributed by atoms with Gasteiger partial charge in [-0.3, -0.25) is 4.79 Å². The fraction of sp³-hybridized carbons (Fsp3) is 0.300. The molecule has 0 atom stereocenters. The summed E-state index contributed by atoms with van der Waals surface area (Å²) in [6.45, 7) is 3.64. The molecule has 1 amide bonds. The summed E-state index contributed by atoms with van der Waals surface area (Å²) in [5.41, 5.74) is 3.19. The smallest absolute Gasteiger partial charge is 0.229 e. The lowest BCUT2D eigenvalue weighted by molar-refractivity contribution is -0.120. The van der Waals surface area contributed by atoms with Crippen LogP contribution in [0.3, 0.4) is 0 Å². The van der Waals surface area contributed by atoms with Gasteiger partial charge in [0.15, 0.2) is 5.13 Å². The maximum absolute atomic E-state index is 12.6. The first-order valence-corrected chi connectivity index (χ1v) is 9.93. The molecule has 4 rings (SSSR count). The summed E-state index contributed by atoms with van der Waals surface area (Å²) in [5.74, 6) is 0.782. The molecule has 0 radical (unpaired) electrons. The fourth-order valence-corrected chi connectivity index (χ4v) is 4.03. The van der Waals surface area contributed by atoms with E-state index in [1.165, 1.54) is 16.9 Å². The minimum Gasteiger partial charge on any atom is -0.341 e. The highest BCUT2D eigenvalue weighted by molar-refractivity contribution is 7.14. The van der Waals surface area contributed by atoms with E-state index in [4.69, 9.17) is 0 Å². The summed E-state index contributed by atoms with van der Waals surface area (Å²) in [4.78, 5) is 27.9. The van der Waals surface area contributed by atoms with Gasteiger partial charge in [0.2, 0.25) is 11.9 Å². The van der Waals surface area contributed by atoms with Gasteiger partial charge < -0.3 is 10.2 Å². The molecule has 3 heterocycles. The number of anilines is 2. The minimum atomic E-state index is -0.00391. The molecule has 1 fully saturated rings. The molecule has 6 nitrogen and oxygen atoms in total. The van der Waals surface area contributed by atoms with Gasteiger partial charge in [-0.1, -0.05) is 24.3 Å². The van der Waals surface area contributed by atoms with Gasteiger partial charge in [-0.25, -0.2) is 15.0 Å². The van der Waals surface area contributed by atoms with E-state index < -0.39 is 0 Å². The van der Waals surface area contributed by atoms with Crippen LogP contribution in [0.15, 0.2) is 48.1 Å². The quantitative estimate of drug-likeness (QED) is 0.747. The molecule has 138 valence electrons. The number of carbonyl (C=O) groups is 1. The molecule has 0 unspecified atom stereocenters. The Balaban J connectivity index is 1.36. The standard InChI is InChI=1S/C20H21N5OS/c1-14-5-2-3-6-16(14)17-13-27-20(23-17)24-18(26)15-7-11-25(12-8-15)19-21-9-4-10-22-19/h2-6,9-10,13,15H,7-8,11-12H2,1H3,(H,23,24,26). The van der Waals surface area contributed by atoms with Gasteiger partial charge >= 0.3 is 0 Å². The van der Waals surface area contributed by atoms with E-state index in [2.05, 4.69) is 44.2 Å².